The van der Waals surface area contributed by atoms with Crippen molar-refractivity contribution in [3.05, 3.63) is 64.1 Å². The first-order chi connectivity index (χ1) is 17.7. The van der Waals surface area contributed by atoms with Crippen molar-refractivity contribution in [1.29, 1.82) is 5.26 Å². The number of anilines is 1. The van der Waals surface area contributed by atoms with Crippen LogP contribution in [0.1, 0.15) is 75.3 Å². The van der Waals surface area contributed by atoms with Crippen LogP contribution in [0.3, 0.4) is 0 Å². The third-order valence-electron chi connectivity index (χ3n) is 10.2. The minimum absolute atomic E-state index is 0.0701. The van der Waals surface area contributed by atoms with Crippen LogP contribution in [0.2, 0.25) is 0 Å². The minimum atomic E-state index is -0.991. The summed E-state index contributed by atoms with van der Waals surface area (Å²) in [7, 11) is 0. The predicted molar refractivity (Wildman–Crippen MR) is 143 cm³/mol. The summed E-state index contributed by atoms with van der Waals surface area (Å²) in [5.74, 6) is 0.110. The second-order valence-corrected chi connectivity index (χ2v) is 13.8. The second kappa shape index (κ2) is 7.90. The Morgan fingerprint density at radius 2 is 1.65 bits per heavy atom. The number of benzene rings is 2. The van der Waals surface area contributed by atoms with Crippen molar-refractivity contribution >= 4 is 27.5 Å². The van der Waals surface area contributed by atoms with E-state index in [-0.39, 0.29) is 27.8 Å². The van der Waals surface area contributed by atoms with Crippen LogP contribution in [0.5, 0.6) is 0 Å². The lowest BCUT2D eigenvalue weighted by molar-refractivity contribution is -0.215. The number of hydrogen-bond donors (Lipinski definition) is 0. The molecule has 0 N–H and O–H groups in total. The molecule has 0 unspecified atom stereocenters. The van der Waals surface area contributed by atoms with E-state index < -0.39 is 5.67 Å². The van der Waals surface area contributed by atoms with Gasteiger partial charge in [-0.25, -0.2) is 4.39 Å². The van der Waals surface area contributed by atoms with E-state index in [0.29, 0.717) is 38.8 Å². The monoisotopic (exact) mass is 562 g/mol. The van der Waals surface area contributed by atoms with Crippen molar-refractivity contribution in [3.8, 4) is 6.07 Å². The molecule has 192 valence electrons. The number of fused-ring (bicyclic) bond motifs is 3. The standard InChI is InChI=1S/C31H32BrFN2O2/c32-24-2-1-3-25(14-24)35(26(36)15-28-16-30(33,17-28)18-28)20-27-8-12-31(13-9-27,37-21-27)23-6-4-22(5-7-23)29(19-34)10-11-29/h1-7,14H,8-13,15-18,20-21H2. The summed E-state index contributed by atoms with van der Waals surface area (Å²) >= 11 is 3.57. The number of nitrogens with zero attached hydrogens (tertiary/aromatic N) is 2. The van der Waals surface area contributed by atoms with E-state index in [4.69, 9.17) is 4.74 Å². The molecule has 4 bridgehead atoms. The molecule has 0 aromatic heterocycles. The zero-order chi connectivity index (χ0) is 25.5. The second-order valence-electron chi connectivity index (χ2n) is 12.9. The highest BCUT2D eigenvalue weighted by molar-refractivity contribution is 9.10. The molecule has 7 fully saturated rings. The first kappa shape index (κ1) is 23.9. The third kappa shape index (κ3) is 3.80. The van der Waals surface area contributed by atoms with Crippen molar-refractivity contribution in [2.24, 2.45) is 10.8 Å². The van der Waals surface area contributed by atoms with Gasteiger partial charge >= 0.3 is 0 Å². The fourth-order valence-corrected chi connectivity index (χ4v) is 8.18. The van der Waals surface area contributed by atoms with Crippen LogP contribution in [0.15, 0.2) is 53.0 Å². The molecule has 2 aromatic rings. The normalized spacial score (nSPS) is 36.1. The summed E-state index contributed by atoms with van der Waals surface area (Å²) in [4.78, 5) is 15.7. The summed E-state index contributed by atoms with van der Waals surface area (Å²) < 4.78 is 21.8. The first-order valence-corrected chi connectivity index (χ1v) is 14.4. The number of carbonyl (C=O) groups excluding carboxylic acids is 1. The van der Waals surface area contributed by atoms with E-state index >= 15 is 0 Å². The molecular weight excluding hydrogens is 531 g/mol. The summed E-state index contributed by atoms with van der Waals surface area (Å²) in [6, 6.07) is 19.0. The van der Waals surface area contributed by atoms with Crippen LogP contribution in [-0.4, -0.2) is 24.7 Å². The van der Waals surface area contributed by atoms with E-state index in [1.807, 2.05) is 29.2 Å². The molecule has 2 aromatic carbocycles. The van der Waals surface area contributed by atoms with E-state index in [1.165, 1.54) is 5.56 Å². The Labute approximate surface area is 226 Å². The van der Waals surface area contributed by atoms with Crippen molar-refractivity contribution in [1.82, 2.24) is 0 Å². The van der Waals surface area contributed by atoms with Gasteiger partial charge in [0.15, 0.2) is 0 Å². The molecule has 0 atom stereocenters. The molecule has 2 heterocycles. The number of rotatable bonds is 7. The molecule has 1 amide bonds. The highest BCUT2D eigenvalue weighted by Gasteiger charge is 2.69. The highest BCUT2D eigenvalue weighted by atomic mass is 79.9. The van der Waals surface area contributed by atoms with Gasteiger partial charge in [0.05, 0.1) is 23.7 Å². The quantitative estimate of drug-likeness (QED) is 0.361. The summed E-state index contributed by atoms with van der Waals surface area (Å²) in [5, 5.41) is 9.54. The number of hydrogen-bond acceptors (Lipinski definition) is 3. The maximum Gasteiger partial charge on any atom is 0.227 e. The third-order valence-corrected chi connectivity index (χ3v) is 10.7. The van der Waals surface area contributed by atoms with E-state index in [9.17, 15) is 14.4 Å². The molecule has 2 aliphatic heterocycles. The fraction of sp³-hybridized carbons (Fsp3) is 0.548. The number of carbonyl (C=O) groups is 1. The molecule has 37 heavy (non-hydrogen) atoms. The van der Waals surface area contributed by atoms with Gasteiger partial charge in [0.1, 0.15) is 5.67 Å². The maximum atomic E-state index is 14.2. The number of ether oxygens (including phenoxy) is 1. The van der Waals surface area contributed by atoms with Gasteiger partial charge in [0, 0.05) is 28.5 Å². The Balaban J connectivity index is 1.08. The van der Waals surface area contributed by atoms with E-state index in [0.717, 1.165) is 54.2 Å². The van der Waals surface area contributed by atoms with Crippen LogP contribution in [0.25, 0.3) is 0 Å². The van der Waals surface area contributed by atoms with E-state index in [1.54, 1.807) is 0 Å². The molecule has 0 spiro atoms. The lowest BCUT2D eigenvalue weighted by atomic mass is 9.41. The summed E-state index contributed by atoms with van der Waals surface area (Å²) in [5.41, 5.74) is 1.53. The molecule has 0 radical (unpaired) electrons. The van der Waals surface area contributed by atoms with Gasteiger partial charge in [-0.15, -0.1) is 0 Å². The Morgan fingerprint density at radius 1 is 0.973 bits per heavy atom. The van der Waals surface area contributed by atoms with Crippen molar-refractivity contribution in [3.63, 3.8) is 0 Å². The van der Waals surface area contributed by atoms with Crippen LogP contribution in [0, 0.1) is 22.2 Å². The Morgan fingerprint density at radius 3 is 2.19 bits per heavy atom. The van der Waals surface area contributed by atoms with Gasteiger partial charge in [-0.2, -0.15) is 5.26 Å². The predicted octanol–water partition coefficient (Wildman–Crippen LogP) is 7.11. The zero-order valence-corrected chi connectivity index (χ0v) is 22.7. The Kier molecular flexibility index (Phi) is 5.09. The smallest absolute Gasteiger partial charge is 0.227 e. The molecule has 7 aliphatic rings. The highest BCUT2D eigenvalue weighted by Crippen LogP contribution is 2.71. The molecule has 5 saturated carbocycles. The summed E-state index contributed by atoms with van der Waals surface area (Å²) in [6.45, 7) is 1.27. The molecule has 4 nitrogen and oxygen atoms in total. The van der Waals surface area contributed by atoms with Crippen molar-refractivity contribution < 1.29 is 13.9 Å². The average molecular weight is 564 g/mol. The SMILES string of the molecule is N#CC1(c2ccc(C34CCC(CN(C(=O)CC56CC(F)(C5)C6)c5cccc(Br)c5)(CC3)CO4)cc2)CC1. The molecular formula is C31H32BrFN2O2. The minimum Gasteiger partial charge on any atom is -0.370 e. The summed E-state index contributed by atoms with van der Waals surface area (Å²) in [6.07, 6.45) is 7.86. The van der Waals surface area contributed by atoms with Crippen molar-refractivity contribution in [2.75, 3.05) is 18.1 Å². The Bertz CT molecular complexity index is 1270. The van der Waals surface area contributed by atoms with E-state index in [2.05, 4.69) is 46.3 Å². The van der Waals surface area contributed by atoms with Gasteiger partial charge in [-0.05, 0) is 92.5 Å². The number of halogens is 2. The van der Waals surface area contributed by atoms with Crippen LogP contribution in [-0.2, 0) is 20.5 Å². The molecule has 9 rings (SSSR count). The van der Waals surface area contributed by atoms with Crippen LogP contribution in [0.4, 0.5) is 10.1 Å². The van der Waals surface area contributed by atoms with Gasteiger partial charge in [0.25, 0.3) is 0 Å². The largest absolute Gasteiger partial charge is 0.370 e. The van der Waals surface area contributed by atoms with Gasteiger partial charge < -0.3 is 9.64 Å². The Hall–Kier alpha value is -2.23. The molecule has 5 aliphatic carbocycles. The van der Waals surface area contributed by atoms with Crippen LogP contribution < -0.4 is 4.90 Å². The lowest BCUT2D eigenvalue weighted by Crippen LogP contribution is -2.65. The number of alkyl halides is 1. The number of amides is 1. The molecule has 2 saturated heterocycles. The van der Waals surface area contributed by atoms with Gasteiger partial charge in [-0.1, -0.05) is 46.3 Å². The van der Waals surface area contributed by atoms with Gasteiger partial charge in [-0.3, -0.25) is 4.79 Å². The zero-order valence-electron chi connectivity index (χ0n) is 21.1. The topological polar surface area (TPSA) is 53.3 Å². The molecule has 6 heteroatoms. The van der Waals surface area contributed by atoms with Gasteiger partial charge in [0.2, 0.25) is 5.91 Å². The first-order valence-electron chi connectivity index (χ1n) is 13.6. The maximum absolute atomic E-state index is 14.2. The lowest BCUT2D eigenvalue weighted by Gasteiger charge is -2.66. The van der Waals surface area contributed by atoms with Crippen LogP contribution >= 0.6 is 15.9 Å². The number of nitriles is 1. The fourth-order valence-electron chi connectivity index (χ4n) is 7.79. The average Bonchev–Trinajstić information content (AvgIpc) is 3.68. The van der Waals surface area contributed by atoms with Crippen molar-refractivity contribution in [2.45, 2.75) is 80.9 Å².